The molecule has 12 nitrogen and oxygen atoms in total. The Hall–Kier alpha value is -4.94. The Balaban J connectivity index is 1.47. The number of nitrogens with one attached hydrogen (secondary N) is 1. The number of hydrogen-bond acceptors (Lipinski definition) is 9. The van der Waals surface area contributed by atoms with E-state index in [1.54, 1.807) is 29.2 Å². The minimum atomic E-state index is -1.13. The van der Waals surface area contributed by atoms with E-state index < -0.39 is 35.0 Å². The number of ether oxygens (including phenoxy) is 2. The van der Waals surface area contributed by atoms with Crippen LogP contribution in [0.2, 0.25) is 0 Å². The highest BCUT2D eigenvalue weighted by atomic mass is 19.1. The molecule has 3 aromatic heterocycles. The molecule has 13 heteroatoms. The first-order valence-corrected chi connectivity index (χ1v) is 13.7. The number of esters is 2. The minimum absolute atomic E-state index is 0.0553. The average molecular weight is 574 g/mol. The lowest BCUT2D eigenvalue weighted by Crippen LogP contribution is -2.21. The number of imidazole rings is 1. The number of amides is 1. The first-order chi connectivity index (χ1) is 20.2. The lowest BCUT2D eigenvalue weighted by Gasteiger charge is -2.20. The molecule has 1 saturated carbocycles. The molecule has 1 aliphatic carbocycles. The van der Waals surface area contributed by atoms with Crippen molar-refractivity contribution in [1.29, 1.82) is 0 Å². The van der Waals surface area contributed by atoms with Crippen molar-refractivity contribution >= 4 is 23.7 Å². The van der Waals surface area contributed by atoms with Gasteiger partial charge in [0.25, 0.3) is 5.91 Å². The SMILES string of the molecule is Cc1c2c(F)c(C(=O)Nc3cccc(-c4nncn4C(C)C)n3)c(c1-n1cnc(C3CC3)c1)OC(=O)CCCC(=O)O2. The summed E-state index contributed by atoms with van der Waals surface area (Å²) in [6.07, 6.45) is 6.72. The molecule has 1 N–H and O–H groups in total. The summed E-state index contributed by atoms with van der Waals surface area (Å²) in [5.41, 5.74) is 0.996. The molecule has 0 spiro atoms. The second kappa shape index (κ2) is 10.8. The zero-order valence-electron chi connectivity index (χ0n) is 23.3. The van der Waals surface area contributed by atoms with Crippen LogP contribution in [0.15, 0.2) is 37.1 Å². The maximum absolute atomic E-state index is 16.2. The summed E-state index contributed by atoms with van der Waals surface area (Å²) in [5.74, 6) is -3.38. The van der Waals surface area contributed by atoms with Crippen LogP contribution in [-0.2, 0) is 9.59 Å². The van der Waals surface area contributed by atoms with E-state index >= 15 is 4.39 Å². The van der Waals surface area contributed by atoms with Gasteiger partial charge in [-0.25, -0.2) is 14.4 Å². The number of benzene rings is 1. The maximum Gasteiger partial charge on any atom is 0.311 e. The monoisotopic (exact) mass is 573 g/mol. The van der Waals surface area contributed by atoms with Crippen LogP contribution in [0.4, 0.5) is 10.2 Å². The molecule has 4 aromatic rings. The van der Waals surface area contributed by atoms with Gasteiger partial charge in [-0.3, -0.25) is 14.4 Å². The number of carbonyl (C=O) groups excluding carboxylic acids is 3. The molecule has 216 valence electrons. The fourth-order valence-electron chi connectivity index (χ4n) is 4.88. The highest BCUT2D eigenvalue weighted by molar-refractivity contribution is 6.08. The van der Waals surface area contributed by atoms with E-state index in [4.69, 9.17) is 9.47 Å². The zero-order chi connectivity index (χ0) is 29.5. The van der Waals surface area contributed by atoms with E-state index in [0.717, 1.165) is 18.5 Å². The van der Waals surface area contributed by atoms with Gasteiger partial charge in [-0.1, -0.05) is 6.07 Å². The molecule has 3 aliphatic rings. The Morgan fingerprint density at radius 1 is 1.10 bits per heavy atom. The van der Waals surface area contributed by atoms with Crippen molar-refractivity contribution in [2.75, 3.05) is 5.32 Å². The summed E-state index contributed by atoms with van der Waals surface area (Å²) in [5, 5.41) is 10.7. The van der Waals surface area contributed by atoms with E-state index in [9.17, 15) is 14.4 Å². The molecule has 7 rings (SSSR count). The lowest BCUT2D eigenvalue weighted by atomic mass is 10.0. The van der Waals surface area contributed by atoms with E-state index in [2.05, 4.69) is 25.5 Å². The largest absolute Gasteiger partial charge is 0.423 e. The van der Waals surface area contributed by atoms with E-state index in [1.807, 2.05) is 18.4 Å². The summed E-state index contributed by atoms with van der Waals surface area (Å²) >= 11 is 0. The number of carbonyl (C=O) groups is 3. The number of hydrogen-bond donors (Lipinski definition) is 1. The fraction of sp³-hybridized carbons (Fsp3) is 0.345. The highest BCUT2D eigenvalue weighted by Crippen LogP contribution is 2.43. The third-order valence-corrected chi connectivity index (χ3v) is 7.18. The summed E-state index contributed by atoms with van der Waals surface area (Å²) < 4.78 is 30.7. The Morgan fingerprint density at radius 3 is 2.55 bits per heavy atom. The summed E-state index contributed by atoms with van der Waals surface area (Å²) in [6.45, 7) is 5.47. The van der Waals surface area contributed by atoms with Crippen LogP contribution in [0.1, 0.15) is 79.5 Å². The molecular weight excluding hydrogens is 545 g/mol. The van der Waals surface area contributed by atoms with Gasteiger partial charge in [-0.2, -0.15) is 0 Å². The maximum atomic E-state index is 16.2. The van der Waals surface area contributed by atoms with E-state index in [0.29, 0.717) is 17.4 Å². The Morgan fingerprint density at radius 2 is 1.83 bits per heavy atom. The van der Waals surface area contributed by atoms with Crippen LogP contribution in [0.5, 0.6) is 11.5 Å². The molecular formula is C29H28FN7O5. The molecule has 5 heterocycles. The van der Waals surface area contributed by atoms with Gasteiger partial charge in [0.1, 0.15) is 23.4 Å². The summed E-state index contributed by atoms with van der Waals surface area (Å²) in [4.78, 5) is 48.2. The molecule has 2 aliphatic heterocycles. The van der Waals surface area contributed by atoms with Crippen LogP contribution in [-0.4, -0.2) is 47.1 Å². The molecule has 0 unspecified atom stereocenters. The Bertz CT molecular complexity index is 1720. The summed E-state index contributed by atoms with van der Waals surface area (Å²) in [7, 11) is 0. The first-order valence-electron chi connectivity index (χ1n) is 13.7. The molecule has 42 heavy (non-hydrogen) atoms. The van der Waals surface area contributed by atoms with Gasteiger partial charge in [0.2, 0.25) is 0 Å². The molecule has 0 saturated heterocycles. The predicted molar refractivity (Wildman–Crippen MR) is 147 cm³/mol. The van der Waals surface area contributed by atoms with E-state index in [1.165, 1.54) is 19.3 Å². The van der Waals surface area contributed by atoms with Gasteiger partial charge >= 0.3 is 11.9 Å². The minimum Gasteiger partial charge on any atom is -0.423 e. The van der Waals surface area contributed by atoms with Gasteiger partial charge in [-0.15, -0.1) is 10.2 Å². The molecule has 0 atom stereocenters. The van der Waals surface area contributed by atoms with Crippen LogP contribution in [0.25, 0.3) is 17.2 Å². The van der Waals surface area contributed by atoms with Crippen molar-refractivity contribution in [2.45, 2.75) is 64.8 Å². The van der Waals surface area contributed by atoms with Crippen molar-refractivity contribution in [3.05, 3.63) is 59.7 Å². The first kappa shape index (κ1) is 27.2. The standard InChI is InChI=1S/C29H28FN7O5/c1-15(2)37-14-32-35-28(37)18-6-4-7-20(33-18)34-29(40)23-24(30)26-16(3)25(36-12-19(31-13-36)17-10-11-17)27(23)42-22(39)9-5-8-21(38)41-26/h4,6-7,12-15,17H,5,8-11H2,1-3H3,(H,33,34,40). The van der Waals surface area contributed by atoms with Crippen molar-refractivity contribution in [3.8, 4) is 28.7 Å². The van der Waals surface area contributed by atoms with Gasteiger partial charge in [0, 0.05) is 36.6 Å². The normalized spacial score (nSPS) is 15.4. The van der Waals surface area contributed by atoms with Gasteiger partial charge in [0.05, 0.1) is 17.7 Å². The summed E-state index contributed by atoms with van der Waals surface area (Å²) in [6, 6.07) is 4.96. The van der Waals surface area contributed by atoms with Gasteiger partial charge in [0.15, 0.2) is 23.1 Å². The predicted octanol–water partition coefficient (Wildman–Crippen LogP) is 4.68. The van der Waals surface area contributed by atoms with E-state index in [-0.39, 0.29) is 48.1 Å². The Kier molecular flexibility index (Phi) is 7.01. The van der Waals surface area contributed by atoms with Crippen LogP contribution < -0.4 is 14.8 Å². The second-order valence-electron chi connectivity index (χ2n) is 10.6. The topological polar surface area (TPSA) is 143 Å². The number of rotatable bonds is 6. The Labute approximate surface area is 239 Å². The fourth-order valence-corrected chi connectivity index (χ4v) is 4.88. The number of halogens is 1. The van der Waals surface area contributed by atoms with Crippen LogP contribution in [0.3, 0.4) is 0 Å². The van der Waals surface area contributed by atoms with Gasteiger partial charge < -0.3 is 23.9 Å². The lowest BCUT2D eigenvalue weighted by molar-refractivity contribution is -0.135. The molecule has 1 fully saturated rings. The third-order valence-electron chi connectivity index (χ3n) is 7.18. The molecule has 2 bridgehead atoms. The molecule has 0 radical (unpaired) electrons. The number of pyridine rings is 1. The van der Waals surface area contributed by atoms with Crippen LogP contribution >= 0.6 is 0 Å². The van der Waals surface area contributed by atoms with Crippen molar-refractivity contribution < 1.29 is 28.2 Å². The molecule has 1 amide bonds. The number of fused-ring (bicyclic) bond motifs is 8. The number of nitrogens with zero attached hydrogens (tertiary/aromatic N) is 6. The zero-order valence-corrected chi connectivity index (χ0v) is 23.3. The van der Waals surface area contributed by atoms with Crippen molar-refractivity contribution in [1.82, 2.24) is 29.3 Å². The number of aromatic nitrogens is 6. The smallest absolute Gasteiger partial charge is 0.311 e. The van der Waals surface area contributed by atoms with Crippen LogP contribution in [0, 0.1) is 12.7 Å². The molecule has 1 aromatic carbocycles. The van der Waals surface area contributed by atoms with Crippen molar-refractivity contribution in [2.24, 2.45) is 0 Å². The average Bonchev–Trinajstić information content (AvgIpc) is 3.47. The number of anilines is 1. The second-order valence-corrected chi connectivity index (χ2v) is 10.6. The van der Waals surface area contributed by atoms with Gasteiger partial charge in [-0.05, 0) is 52.2 Å². The third kappa shape index (κ3) is 5.13. The highest BCUT2D eigenvalue weighted by Gasteiger charge is 2.34. The van der Waals surface area contributed by atoms with Crippen molar-refractivity contribution in [3.63, 3.8) is 0 Å². The quantitative estimate of drug-likeness (QED) is 0.257.